The van der Waals surface area contributed by atoms with Gasteiger partial charge in [-0.25, -0.2) is 0 Å². The monoisotopic (exact) mass is 224 g/mol. The van der Waals surface area contributed by atoms with E-state index in [1.165, 1.54) is 16.9 Å². The Morgan fingerprint density at radius 2 is 1.93 bits per heavy atom. The van der Waals surface area contributed by atoms with Crippen LogP contribution in [0.25, 0.3) is 10.1 Å². The number of hydrogen-bond donors (Lipinski definition) is 0. The Hall–Kier alpha value is -0.860. The van der Waals surface area contributed by atoms with Crippen molar-refractivity contribution in [3.05, 3.63) is 33.2 Å². The lowest BCUT2D eigenvalue weighted by atomic mass is 10.1. The number of fused-ring (bicyclic) bond motifs is 1. The number of aldehydes is 1. The van der Waals surface area contributed by atoms with Crippen LogP contribution in [0.1, 0.15) is 20.8 Å². The lowest BCUT2D eigenvalue weighted by molar-refractivity contribution is 0.112. The minimum absolute atomic E-state index is 0.598. The van der Waals surface area contributed by atoms with Gasteiger partial charge in [0.2, 0.25) is 0 Å². The summed E-state index contributed by atoms with van der Waals surface area (Å²) in [6.07, 6.45) is 0.825. The molecule has 0 N–H and O–H groups in total. The zero-order valence-corrected chi connectivity index (χ0v) is 9.50. The van der Waals surface area contributed by atoms with E-state index >= 15 is 0 Å². The van der Waals surface area contributed by atoms with E-state index in [2.05, 4.69) is 6.07 Å². The van der Waals surface area contributed by atoms with Crippen molar-refractivity contribution in [2.75, 3.05) is 0 Å². The van der Waals surface area contributed by atoms with Crippen LogP contribution in [0.15, 0.2) is 12.1 Å². The molecule has 0 unspecified atom stereocenters. The van der Waals surface area contributed by atoms with Crippen LogP contribution >= 0.6 is 22.9 Å². The van der Waals surface area contributed by atoms with Crippen molar-refractivity contribution < 1.29 is 4.79 Å². The predicted molar refractivity (Wildman–Crippen MR) is 61.7 cm³/mol. The Bertz CT molecular complexity index is 513. The predicted octanol–water partition coefficient (Wildman–Crippen LogP) is 3.98. The summed E-state index contributed by atoms with van der Waals surface area (Å²) in [5.74, 6) is 0. The largest absolute Gasteiger partial charge is 0.297 e. The molecule has 0 radical (unpaired) electrons. The van der Waals surface area contributed by atoms with E-state index in [1.54, 1.807) is 0 Å². The maximum absolute atomic E-state index is 10.7. The van der Waals surface area contributed by atoms with Crippen LogP contribution in [0.3, 0.4) is 0 Å². The summed E-state index contributed by atoms with van der Waals surface area (Å²) < 4.78 is 1.12. The van der Waals surface area contributed by atoms with Crippen LogP contribution < -0.4 is 0 Å². The van der Waals surface area contributed by atoms with Crippen LogP contribution in [-0.4, -0.2) is 6.29 Å². The molecule has 72 valence electrons. The Morgan fingerprint density at radius 3 is 2.50 bits per heavy atom. The van der Waals surface area contributed by atoms with Crippen molar-refractivity contribution in [2.24, 2.45) is 0 Å². The highest BCUT2D eigenvalue weighted by Crippen LogP contribution is 2.37. The van der Waals surface area contributed by atoms with Gasteiger partial charge in [0.05, 0.1) is 9.90 Å². The molecule has 0 aliphatic heterocycles. The van der Waals surface area contributed by atoms with Gasteiger partial charge in [-0.1, -0.05) is 23.7 Å². The van der Waals surface area contributed by atoms with Gasteiger partial charge in [-0.2, -0.15) is 0 Å². The third-order valence-corrected chi connectivity index (χ3v) is 4.07. The Kier molecular flexibility index (Phi) is 2.33. The molecule has 2 rings (SSSR count). The van der Waals surface area contributed by atoms with Crippen LogP contribution in [0.2, 0.25) is 5.02 Å². The van der Waals surface area contributed by atoms with Crippen molar-refractivity contribution in [1.82, 2.24) is 0 Å². The van der Waals surface area contributed by atoms with Crippen molar-refractivity contribution in [3.63, 3.8) is 0 Å². The van der Waals surface area contributed by atoms with Gasteiger partial charge in [0.1, 0.15) is 0 Å². The molecule has 0 saturated heterocycles. The number of rotatable bonds is 1. The maximum Gasteiger partial charge on any atom is 0.161 e. The molecule has 2 aromatic rings. The summed E-state index contributed by atoms with van der Waals surface area (Å²) in [7, 11) is 0. The van der Waals surface area contributed by atoms with Gasteiger partial charge >= 0.3 is 0 Å². The average molecular weight is 225 g/mol. The topological polar surface area (TPSA) is 17.1 Å². The third-order valence-electron chi connectivity index (χ3n) is 2.32. The summed E-state index contributed by atoms with van der Waals surface area (Å²) in [6, 6.07) is 4.09. The van der Waals surface area contributed by atoms with E-state index in [-0.39, 0.29) is 0 Å². The number of thiophene rings is 1. The zero-order valence-electron chi connectivity index (χ0n) is 7.93. The van der Waals surface area contributed by atoms with Gasteiger partial charge in [-0.15, -0.1) is 11.3 Å². The first-order chi connectivity index (χ1) is 6.65. The first kappa shape index (κ1) is 9.69. The number of halogens is 1. The highest BCUT2D eigenvalue weighted by molar-refractivity contribution is 7.21. The van der Waals surface area contributed by atoms with Crippen LogP contribution in [-0.2, 0) is 0 Å². The minimum atomic E-state index is 0.598. The SMILES string of the molecule is Cc1ccc(C)c2c(Cl)c(C=O)sc12. The van der Waals surface area contributed by atoms with E-state index in [4.69, 9.17) is 11.6 Å². The van der Waals surface area contributed by atoms with E-state index < -0.39 is 0 Å². The van der Waals surface area contributed by atoms with Gasteiger partial charge in [0.25, 0.3) is 0 Å². The number of carbonyl (C=O) groups excluding carboxylic acids is 1. The standard InChI is InChI=1S/C11H9ClOS/c1-6-3-4-7(2)11-9(6)10(12)8(5-13)14-11/h3-5H,1-2H3. The first-order valence-corrected chi connectivity index (χ1v) is 5.48. The lowest BCUT2D eigenvalue weighted by Gasteiger charge is -1.99. The number of hydrogen-bond acceptors (Lipinski definition) is 2. The summed E-state index contributed by atoms with van der Waals surface area (Å²) in [5, 5.41) is 1.62. The highest BCUT2D eigenvalue weighted by atomic mass is 35.5. The van der Waals surface area contributed by atoms with E-state index in [0.29, 0.717) is 9.90 Å². The average Bonchev–Trinajstić information content (AvgIpc) is 2.51. The second kappa shape index (κ2) is 3.37. The highest BCUT2D eigenvalue weighted by Gasteiger charge is 2.12. The molecule has 0 aliphatic carbocycles. The molecule has 0 bridgehead atoms. The normalized spacial score (nSPS) is 10.8. The Labute approximate surface area is 91.3 Å². The molecule has 1 aromatic heterocycles. The van der Waals surface area contributed by atoms with Crippen molar-refractivity contribution in [3.8, 4) is 0 Å². The molecule has 1 heterocycles. The molecule has 0 atom stereocenters. The number of carbonyl (C=O) groups is 1. The third kappa shape index (κ3) is 1.26. The van der Waals surface area contributed by atoms with Gasteiger partial charge in [-0.05, 0) is 25.0 Å². The number of benzene rings is 1. The smallest absolute Gasteiger partial charge is 0.161 e. The zero-order chi connectivity index (χ0) is 10.3. The molecule has 0 saturated carbocycles. The Balaban J connectivity index is 2.97. The maximum atomic E-state index is 10.7. The van der Waals surface area contributed by atoms with Gasteiger partial charge in [0.15, 0.2) is 6.29 Å². The van der Waals surface area contributed by atoms with Crippen LogP contribution in [0.4, 0.5) is 0 Å². The molecule has 1 nitrogen and oxygen atoms in total. The summed E-state index contributed by atoms with van der Waals surface area (Å²) in [5.41, 5.74) is 2.30. The molecule has 14 heavy (non-hydrogen) atoms. The van der Waals surface area contributed by atoms with Gasteiger partial charge in [0, 0.05) is 10.1 Å². The minimum Gasteiger partial charge on any atom is -0.297 e. The van der Waals surface area contributed by atoms with E-state index in [9.17, 15) is 4.79 Å². The Morgan fingerprint density at radius 1 is 1.29 bits per heavy atom. The molecule has 3 heteroatoms. The summed E-state index contributed by atoms with van der Waals surface area (Å²) >= 11 is 7.58. The fraction of sp³-hybridized carbons (Fsp3) is 0.182. The summed E-state index contributed by atoms with van der Waals surface area (Å²) in [6.45, 7) is 4.04. The van der Waals surface area contributed by atoms with Gasteiger partial charge < -0.3 is 0 Å². The van der Waals surface area contributed by atoms with Crippen molar-refractivity contribution >= 4 is 39.3 Å². The van der Waals surface area contributed by atoms with E-state index in [1.807, 2.05) is 19.9 Å². The first-order valence-electron chi connectivity index (χ1n) is 4.28. The molecule has 0 spiro atoms. The molecule has 0 aliphatic rings. The second-order valence-corrected chi connectivity index (χ2v) is 4.73. The molecule has 0 amide bonds. The molecule has 1 aromatic carbocycles. The summed E-state index contributed by atoms with van der Waals surface area (Å²) in [4.78, 5) is 11.4. The molecular formula is C11H9ClOS. The fourth-order valence-electron chi connectivity index (χ4n) is 1.54. The van der Waals surface area contributed by atoms with E-state index in [0.717, 1.165) is 21.9 Å². The lowest BCUT2D eigenvalue weighted by Crippen LogP contribution is -1.77. The van der Waals surface area contributed by atoms with Gasteiger partial charge in [-0.3, -0.25) is 4.79 Å². The number of aryl methyl sites for hydroxylation is 2. The quantitative estimate of drug-likeness (QED) is 0.670. The molecule has 0 fully saturated rings. The van der Waals surface area contributed by atoms with Crippen molar-refractivity contribution in [2.45, 2.75) is 13.8 Å². The van der Waals surface area contributed by atoms with Crippen molar-refractivity contribution in [1.29, 1.82) is 0 Å². The molecular weight excluding hydrogens is 216 g/mol. The fourth-order valence-corrected chi connectivity index (χ4v) is 3.06. The van der Waals surface area contributed by atoms with Crippen LogP contribution in [0.5, 0.6) is 0 Å². The van der Waals surface area contributed by atoms with Crippen LogP contribution in [0, 0.1) is 13.8 Å². The second-order valence-electron chi connectivity index (χ2n) is 3.30.